The highest BCUT2D eigenvalue weighted by Crippen LogP contribution is 2.25. The molecule has 1 aliphatic heterocycles. The van der Waals surface area contributed by atoms with Crippen molar-refractivity contribution in [3.8, 4) is 0 Å². The molecule has 0 radical (unpaired) electrons. The minimum atomic E-state index is -3.18. The molecule has 1 aliphatic rings. The van der Waals surface area contributed by atoms with E-state index in [4.69, 9.17) is 0 Å². The van der Waals surface area contributed by atoms with Crippen molar-refractivity contribution in [1.82, 2.24) is 10.0 Å². The number of rotatable bonds is 6. The molecule has 0 aliphatic carbocycles. The summed E-state index contributed by atoms with van der Waals surface area (Å²) in [5.41, 5.74) is 2.56. The minimum Gasteiger partial charge on any atom is -0.316 e. The second kappa shape index (κ2) is 7.57. The Morgan fingerprint density at radius 3 is 2.45 bits per heavy atom. The predicted octanol–water partition coefficient (Wildman–Crippen LogP) is 2.58. The zero-order valence-electron chi connectivity index (χ0n) is 13.8. The second-order valence-corrected chi connectivity index (χ2v) is 8.87. The van der Waals surface area contributed by atoms with E-state index in [2.05, 4.69) is 41.2 Å². The molecule has 0 aromatic heterocycles. The molecule has 1 aromatic rings. The maximum absolute atomic E-state index is 11.8. The molecule has 2 unspecified atom stereocenters. The van der Waals surface area contributed by atoms with Gasteiger partial charge in [-0.25, -0.2) is 13.1 Å². The maximum atomic E-state index is 11.8. The van der Waals surface area contributed by atoms with Crippen LogP contribution in [0.1, 0.15) is 56.6 Å². The van der Waals surface area contributed by atoms with Crippen molar-refractivity contribution in [2.75, 3.05) is 19.6 Å². The SMILES string of the molecule is CC(CNS(=O)(=O)C(C)C)c1ccc(C2CCCNC2)cc1. The molecule has 1 aromatic carbocycles. The van der Waals surface area contributed by atoms with Crippen molar-refractivity contribution in [2.45, 2.75) is 50.7 Å². The van der Waals surface area contributed by atoms with Crippen LogP contribution in [0, 0.1) is 0 Å². The Bertz CT molecular complexity index is 561. The van der Waals surface area contributed by atoms with Crippen molar-refractivity contribution in [3.05, 3.63) is 35.4 Å². The molecular weight excluding hydrogens is 296 g/mol. The molecule has 0 spiro atoms. The first-order chi connectivity index (χ1) is 10.4. The monoisotopic (exact) mass is 324 g/mol. The number of hydrogen-bond acceptors (Lipinski definition) is 3. The molecule has 2 atom stereocenters. The molecule has 0 bridgehead atoms. The third kappa shape index (κ3) is 4.54. The first-order valence-electron chi connectivity index (χ1n) is 8.19. The Morgan fingerprint density at radius 2 is 1.91 bits per heavy atom. The van der Waals surface area contributed by atoms with Crippen LogP contribution in [0.25, 0.3) is 0 Å². The third-order valence-corrected chi connectivity index (χ3v) is 6.30. The van der Waals surface area contributed by atoms with E-state index in [9.17, 15) is 8.42 Å². The lowest BCUT2D eigenvalue weighted by molar-refractivity contribution is 0.461. The van der Waals surface area contributed by atoms with Crippen molar-refractivity contribution in [2.24, 2.45) is 0 Å². The third-order valence-electron chi connectivity index (χ3n) is 4.49. The number of sulfonamides is 1. The molecule has 2 rings (SSSR count). The van der Waals surface area contributed by atoms with Crippen LogP contribution in [0.15, 0.2) is 24.3 Å². The van der Waals surface area contributed by atoms with Crippen LogP contribution in [0.3, 0.4) is 0 Å². The smallest absolute Gasteiger partial charge is 0.213 e. The van der Waals surface area contributed by atoms with Gasteiger partial charge in [0.1, 0.15) is 0 Å². The van der Waals surface area contributed by atoms with Gasteiger partial charge < -0.3 is 5.32 Å². The molecule has 1 fully saturated rings. The van der Waals surface area contributed by atoms with Gasteiger partial charge in [-0.15, -0.1) is 0 Å². The van der Waals surface area contributed by atoms with Gasteiger partial charge in [-0.2, -0.15) is 0 Å². The highest BCUT2D eigenvalue weighted by molar-refractivity contribution is 7.90. The summed E-state index contributed by atoms with van der Waals surface area (Å²) in [7, 11) is -3.18. The van der Waals surface area contributed by atoms with Crippen molar-refractivity contribution in [1.29, 1.82) is 0 Å². The fourth-order valence-electron chi connectivity index (χ4n) is 2.76. The summed E-state index contributed by atoms with van der Waals surface area (Å²) >= 11 is 0. The van der Waals surface area contributed by atoms with E-state index in [0.717, 1.165) is 13.1 Å². The van der Waals surface area contributed by atoms with E-state index in [1.54, 1.807) is 13.8 Å². The van der Waals surface area contributed by atoms with Gasteiger partial charge in [-0.1, -0.05) is 31.2 Å². The molecule has 1 heterocycles. The maximum Gasteiger partial charge on any atom is 0.213 e. The predicted molar refractivity (Wildman–Crippen MR) is 91.8 cm³/mol. The molecule has 1 saturated heterocycles. The van der Waals surface area contributed by atoms with Gasteiger partial charge in [-0.3, -0.25) is 0 Å². The lowest BCUT2D eigenvalue weighted by Gasteiger charge is -2.23. The van der Waals surface area contributed by atoms with Gasteiger partial charge in [0.15, 0.2) is 0 Å². The van der Waals surface area contributed by atoms with Gasteiger partial charge in [-0.05, 0) is 56.2 Å². The normalized spacial score (nSPS) is 21.0. The minimum absolute atomic E-state index is 0.173. The quantitative estimate of drug-likeness (QED) is 0.845. The summed E-state index contributed by atoms with van der Waals surface area (Å²) in [4.78, 5) is 0. The first-order valence-corrected chi connectivity index (χ1v) is 9.74. The van der Waals surface area contributed by atoms with Crippen LogP contribution in [0.5, 0.6) is 0 Å². The first kappa shape index (κ1) is 17.4. The summed E-state index contributed by atoms with van der Waals surface area (Å²) < 4.78 is 26.3. The van der Waals surface area contributed by atoms with Crippen LogP contribution in [0.2, 0.25) is 0 Å². The Kier molecular flexibility index (Phi) is 6.01. The molecule has 0 amide bonds. The zero-order chi connectivity index (χ0) is 16.2. The second-order valence-electron chi connectivity index (χ2n) is 6.55. The Balaban J connectivity index is 1.94. The number of piperidine rings is 1. The number of hydrogen-bond donors (Lipinski definition) is 2. The van der Waals surface area contributed by atoms with Crippen LogP contribution >= 0.6 is 0 Å². The lowest BCUT2D eigenvalue weighted by Crippen LogP contribution is -2.33. The van der Waals surface area contributed by atoms with E-state index in [-0.39, 0.29) is 11.2 Å². The van der Waals surface area contributed by atoms with E-state index in [0.29, 0.717) is 12.5 Å². The van der Waals surface area contributed by atoms with E-state index < -0.39 is 10.0 Å². The summed E-state index contributed by atoms with van der Waals surface area (Å²) in [6.45, 7) is 8.08. The van der Waals surface area contributed by atoms with Crippen LogP contribution < -0.4 is 10.0 Å². The van der Waals surface area contributed by atoms with E-state index in [1.165, 1.54) is 24.0 Å². The van der Waals surface area contributed by atoms with Crippen LogP contribution in [-0.2, 0) is 10.0 Å². The van der Waals surface area contributed by atoms with Gasteiger partial charge in [0, 0.05) is 13.1 Å². The van der Waals surface area contributed by atoms with Crippen molar-refractivity contribution < 1.29 is 8.42 Å². The molecule has 5 heteroatoms. The largest absolute Gasteiger partial charge is 0.316 e. The highest BCUT2D eigenvalue weighted by Gasteiger charge is 2.18. The summed E-state index contributed by atoms with van der Waals surface area (Å²) in [5, 5.41) is 3.05. The van der Waals surface area contributed by atoms with Gasteiger partial charge in [0.2, 0.25) is 10.0 Å². The van der Waals surface area contributed by atoms with Crippen LogP contribution in [-0.4, -0.2) is 33.3 Å². The summed E-state index contributed by atoms with van der Waals surface area (Å²) in [6.07, 6.45) is 2.48. The van der Waals surface area contributed by atoms with Crippen molar-refractivity contribution >= 4 is 10.0 Å². The lowest BCUT2D eigenvalue weighted by atomic mass is 9.90. The van der Waals surface area contributed by atoms with E-state index >= 15 is 0 Å². The number of benzene rings is 1. The molecular formula is C17H28N2O2S. The fourth-order valence-corrected chi connectivity index (χ4v) is 3.57. The van der Waals surface area contributed by atoms with Crippen LogP contribution in [0.4, 0.5) is 0 Å². The molecule has 4 nitrogen and oxygen atoms in total. The Labute approximate surface area is 134 Å². The Hall–Kier alpha value is -0.910. The van der Waals surface area contributed by atoms with Gasteiger partial charge in [0.05, 0.1) is 5.25 Å². The van der Waals surface area contributed by atoms with Gasteiger partial charge >= 0.3 is 0 Å². The summed E-state index contributed by atoms with van der Waals surface area (Å²) in [5.74, 6) is 0.782. The molecule has 124 valence electrons. The zero-order valence-corrected chi connectivity index (χ0v) is 14.6. The molecule has 0 saturated carbocycles. The molecule has 22 heavy (non-hydrogen) atoms. The van der Waals surface area contributed by atoms with Gasteiger partial charge in [0.25, 0.3) is 0 Å². The average molecular weight is 324 g/mol. The number of nitrogens with one attached hydrogen (secondary N) is 2. The topological polar surface area (TPSA) is 58.2 Å². The standard InChI is InChI=1S/C17H28N2O2S/c1-13(2)22(20,21)19-11-14(3)15-6-8-16(9-7-15)17-5-4-10-18-12-17/h6-9,13-14,17-19H,4-5,10-12H2,1-3H3. The Morgan fingerprint density at radius 1 is 1.23 bits per heavy atom. The average Bonchev–Trinajstić information content (AvgIpc) is 2.53. The van der Waals surface area contributed by atoms with Crippen molar-refractivity contribution in [3.63, 3.8) is 0 Å². The fraction of sp³-hybridized carbons (Fsp3) is 0.647. The highest BCUT2D eigenvalue weighted by atomic mass is 32.2. The summed E-state index contributed by atoms with van der Waals surface area (Å²) in [6, 6.07) is 8.66. The van der Waals surface area contributed by atoms with E-state index in [1.807, 2.05) is 0 Å². The molecule has 2 N–H and O–H groups in total.